The molecule has 1 amide bonds. The molecule has 0 saturated heterocycles. The van der Waals surface area contributed by atoms with Gasteiger partial charge in [-0.2, -0.15) is 0 Å². The average molecular weight is 250 g/mol. The predicted molar refractivity (Wildman–Crippen MR) is 68.2 cm³/mol. The fourth-order valence-corrected chi connectivity index (χ4v) is 2.31. The standard InChI is InChI=1S/C13H18N2O3/c14-12-4-3-10(17)6-11(12)13(18)15-7-8-1-2-9(16)5-8/h3-4,6,8-9,16-17H,1-2,5,7,14H2,(H,15,18). The molecule has 2 atom stereocenters. The number of aliphatic hydroxyl groups is 1. The molecule has 0 bridgehead atoms. The minimum atomic E-state index is -0.287. The third kappa shape index (κ3) is 2.92. The summed E-state index contributed by atoms with van der Waals surface area (Å²) in [6, 6.07) is 4.30. The largest absolute Gasteiger partial charge is 0.508 e. The van der Waals surface area contributed by atoms with Crippen LogP contribution in [-0.4, -0.2) is 28.8 Å². The molecule has 1 aliphatic carbocycles. The normalized spacial score (nSPS) is 22.9. The van der Waals surface area contributed by atoms with E-state index in [9.17, 15) is 15.0 Å². The second-order valence-electron chi connectivity index (χ2n) is 4.81. The van der Waals surface area contributed by atoms with Crippen LogP contribution in [-0.2, 0) is 0 Å². The van der Waals surface area contributed by atoms with Crippen LogP contribution < -0.4 is 11.1 Å². The van der Waals surface area contributed by atoms with Crippen LogP contribution in [0.5, 0.6) is 5.75 Å². The van der Waals surface area contributed by atoms with Gasteiger partial charge in [0.15, 0.2) is 0 Å². The lowest BCUT2D eigenvalue weighted by Gasteiger charge is -2.12. The van der Waals surface area contributed by atoms with Crippen LogP contribution in [0.2, 0.25) is 0 Å². The molecule has 0 heterocycles. The molecular formula is C13H18N2O3. The van der Waals surface area contributed by atoms with Crippen molar-refractivity contribution < 1.29 is 15.0 Å². The number of carbonyl (C=O) groups is 1. The maximum atomic E-state index is 11.9. The highest BCUT2D eigenvalue weighted by Crippen LogP contribution is 2.25. The van der Waals surface area contributed by atoms with Crippen LogP contribution in [0.15, 0.2) is 18.2 Å². The molecule has 98 valence electrons. The summed E-state index contributed by atoms with van der Waals surface area (Å²) >= 11 is 0. The second-order valence-corrected chi connectivity index (χ2v) is 4.81. The number of amides is 1. The first-order valence-corrected chi connectivity index (χ1v) is 6.11. The molecule has 1 aromatic carbocycles. The number of rotatable bonds is 3. The summed E-state index contributed by atoms with van der Waals surface area (Å²) in [6.45, 7) is 0.533. The van der Waals surface area contributed by atoms with Crippen molar-refractivity contribution in [2.24, 2.45) is 5.92 Å². The molecule has 0 aliphatic heterocycles. The number of nitrogens with one attached hydrogen (secondary N) is 1. The maximum absolute atomic E-state index is 11.9. The first-order chi connectivity index (χ1) is 8.56. The lowest BCUT2D eigenvalue weighted by atomic mass is 10.1. The van der Waals surface area contributed by atoms with Crippen molar-refractivity contribution in [3.8, 4) is 5.75 Å². The average Bonchev–Trinajstić information content (AvgIpc) is 2.75. The Morgan fingerprint density at radius 3 is 2.89 bits per heavy atom. The van der Waals surface area contributed by atoms with Gasteiger partial charge in [-0.25, -0.2) is 0 Å². The summed E-state index contributed by atoms with van der Waals surface area (Å²) in [4.78, 5) is 11.9. The van der Waals surface area contributed by atoms with E-state index in [1.165, 1.54) is 18.2 Å². The van der Waals surface area contributed by atoms with Crippen molar-refractivity contribution in [3.05, 3.63) is 23.8 Å². The Hall–Kier alpha value is -1.75. The van der Waals surface area contributed by atoms with Gasteiger partial charge in [-0.05, 0) is 43.4 Å². The minimum Gasteiger partial charge on any atom is -0.508 e. The summed E-state index contributed by atoms with van der Waals surface area (Å²) in [7, 11) is 0. The Balaban J connectivity index is 1.93. The topological polar surface area (TPSA) is 95.6 Å². The minimum absolute atomic E-state index is 0.0191. The highest BCUT2D eigenvalue weighted by Gasteiger charge is 2.23. The summed E-state index contributed by atoms with van der Waals surface area (Å²) in [6.07, 6.45) is 2.22. The van der Waals surface area contributed by atoms with Gasteiger partial charge in [-0.1, -0.05) is 0 Å². The first-order valence-electron chi connectivity index (χ1n) is 6.11. The number of phenolic OH excluding ortho intramolecular Hbond substituents is 1. The monoisotopic (exact) mass is 250 g/mol. The first kappa shape index (κ1) is 12.7. The molecule has 1 saturated carbocycles. The Morgan fingerprint density at radius 1 is 1.44 bits per heavy atom. The van der Waals surface area contributed by atoms with E-state index in [0.717, 1.165) is 19.3 Å². The van der Waals surface area contributed by atoms with Crippen molar-refractivity contribution in [3.63, 3.8) is 0 Å². The predicted octanol–water partition coefficient (Wildman–Crippen LogP) is 0.865. The zero-order valence-electron chi connectivity index (χ0n) is 10.1. The number of nitrogen functional groups attached to an aromatic ring is 1. The van der Waals surface area contributed by atoms with E-state index < -0.39 is 0 Å². The number of hydrogen-bond donors (Lipinski definition) is 4. The van der Waals surface area contributed by atoms with E-state index in [4.69, 9.17) is 5.73 Å². The molecule has 0 spiro atoms. The van der Waals surface area contributed by atoms with Crippen LogP contribution >= 0.6 is 0 Å². The molecule has 0 radical (unpaired) electrons. The van der Waals surface area contributed by atoms with Gasteiger partial charge in [0.1, 0.15) is 5.75 Å². The van der Waals surface area contributed by atoms with Gasteiger partial charge >= 0.3 is 0 Å². The Morgan fingerprint density at radius 2 is 2.22 bits per heavy atom. The van der Waals surface area contributed by atoms with Gasteiger partial charge < -0.3 is 21.3 Å². The Bertz CT molecular complexity index is 448. The molecule has 5 N–H and O–H groups in total. The summed E-state index contributed by atoms with van der Waals surface area (Å²) in [5.41, 5.74) is 6.31. The van der Waals surface area contributed by atoms with Gasteiger partial charge in [0, 0.05) is 12.2 Å². The van der Waals surface area contributed by atoms with Gasteiger partial charge in [0.25, 0.3) is 5.91 Å². The molecule has 5 heteroatoms. The van der Waals surface area contributed by atoms with Crippen LogP contribution in [0.4, 0.5) is 5.69 Å². The van der Waals surface area contributed by atoms with Crippen molar-refractivity contribution in [1.29, 1.82) is 0 Å². The van der Waals surface area contributed by atoms with Crippen LogP contribution in [0.3, 0.4) is 0 Å². The number of benzene rings is 1. The molecule has 1 fully saturated rings. The SMILES string of the molecule is Nc1ccc(O)cc1C(=O)NCC1CCC(O)C1. The molecule has 0 aromatic heterocycles. The molecular weight excluding hydrogens is 232 g/mol. The maximum Gasteiger partial charge on any atom is 0.253 e. The van der Waals surface area contributed by atoms with Crippen molar-refractivity contribution >= 4 is 11.6 Å². The van der Waals surface area contributed by atoms with Gasteiger partial charge in [-0.15, -0.1) is 0 Å². The number of carbonyl (C=O) groups excluding carboxylic acids is 1. The fraction of sp³-hybridized carbons (Fsp3) is 0.462. The van der Waals surface area contributed by atoms with Crippen LogP contribution in [0.25, 0.3) is 0 Å². The highest BCUT2D eigenvalue weighted by atomic mass is 16.3. The molecule has 1 aromatic rings. The van der Waals surface area contributed by atoms with E-state index in [1.54, 1.807) is 0 Å². The molecule has 2 unspecified atom stereocenters. The number of phenols is 1. The van der Waals surface area contributed by atoms with Crippen molar-refractivity contribution in [1.82, 2.24) is 5.32 Å². The number of aromatic hydroxyl groups is 1. The number of nitrogens with two attached hydrogens (primary N) is 1. The third-order valence-electron chi connectivity index (χ3n) is 3.35. The summed E-state index contributed by atoms with van der Waals surface area (Å²) in [5.74, 6) is 0.0536. The van der Waals surface area contributed by atoms with Crippen LogP contribution in [0, 0.1) is 5.92 Å². The highest BCUT2D eigenvalue weighted by molar-refractivity contribution is 5.99. The fourth-order valence-electron chi connectivity index (χ4n) is 2.31. The Kier molecular flexibility index (Phi) is 3.72. The smallest absolute Gasteiger partial charge is 0.253 e. The summed E-state index contributed by atoms with van der Waals surface area (Å²) in [5, 5.41) is 21.5. The lowest BCUT2D eigenvalue weighted by Crippen LogP contribution is -2.29. The number of aliphatic hydroxyl groups excluding tert-OH is 1. The van der Waals surface area contributed by atoms with E-state index in [-0.39, 0.29) is 23.3 Å². The molecule has 2 rings (SSSR count). The van der Waals surface area contributed by atoms with Crippen molar-refractivity contribution in [2.45, 2.75) is 25.4 Å². The van der Waals surface area contributed by atoms with Crippen molar-refractivity contribution in [2.75, 3.05) is 12.3 Å². The van der Waals surface area contributed by atoms with E-state index >= 15 is 0 Å². The van der Waals surface area contributed by atoms with Gasteiger partial charge in [0.05, 0.1) is 11.7 Å². The van der Waals surface area contributed by atoms with Gasteiger partial charge in [0.2, 0.25) is 0 Å². The van der Waals surface area contributed by atoms with Crippen LogP contribution in [0.1, 0.15) is 29.6 Å². The van der Waals surface area contributed by atoms with Gasteiger partial charge in [-0.3, -0.25) is 4.79 Å². The zero-order chi connectivity index (χ0) is 13.1. The quantitative estimate of drug-likeness (QED) is 0.472. The Labute approximate surface area is 106 Å². The molecule has 1 aliphatic rings. The lowest BCUT2D eigenvalue weighted by molar-refractivity contribution is 0.0945. The van der Waals surface area contributed by atoms with E-state index in [2.05, 4.69) is 5.32 Å². The van der Waals surface area contributed by atoms with E-state index in [0.29, 0.717) is 18.2 Å². The summed E-state index contributed by atoms with van der Waals surface area (Å²) < 4.78 is 0. The number of anilines is 1. The molecule has 5 nitrogen and oxygen atoms in total. The second kappa shape index (κ2) is 5.27. The van der Waals surface area contributed by atoms with E-state index in [1.807, 2.05) is 0 Å². The third-order valence-corrected chi connectivity index (χ3v) is 3.35. The number of hydrogen-bond acceptors (Lipinski definition) is 4. The zero-order valence-corrected chi connectivity index (χ0v) is 10.1. The molecule has 18 heavy (non-hydrogen) atoms.